The number of aromatic nitrogens is 2. The van der Waals surface area contributed by atoms with E-state index in [1.54, 1.807) is 24.3 Å². The predicted molar refractivity (Wildman–Crippen MR) is 101 cm³/mol. The average molecular weight is 362 g/mol. The third kappa shape index (κ3) is 3.51. The highest BCUT2D eigenvalue weighted by Crippen LogP contribution is 2.32. The number of nitrogens with one attached hydrogen (secondary N) is 1. The fourth-order valence-corrected chi connectivity index (χ4v) is 3.24. The van der Waals surface area contributed by atoms with Crippen LogP contribution in [0.5, 0.6) is 0 Å². The third-order valence-corrected chi connectivity index (χ3v) is 4.60. The molecule has 0 saturated carbocycles. The van der Waals surface area contributed by atoms with Gasteiger partial charge in [-0.25, -0.2) is 14.4 Å². The van der Waals surface area contributed by atoms with Crippen LogP contribution in [0, 0.1) is 12.7 Å². The second-order valence-corrected chi connectivity index (χ2v) is 6.50. The summed E-state index contributed by atoms with van der Waals surface area (Å²) < 4.78 is 13.7. The molecule has 0 saturated heterocycles. The third-order valence-electron chi connectivity index (χ3n) is 4.60. The smallest absolute Gasteiger partial charge is 0.270 e. The Morgan fingerprint density at radius 3 is 2.78 bits per heavy atom. The van der Waals surface area contributed by atoms with Crippen LogP contribution in [-0.2, 0) is 13.0 Å². The van der Waals surface area contributed by atoms with Crippen LogP contribution in [-0.4, -0.2) is 22.4 Å². The summed E-state index contributed by atoms with van der Waals surface area (Å²) in [5.41, 5.74) is 3.73. The van der Waals surface area contributed by atoms with Crippen LogP contribution in [0.1, 0.15) is 27.3 Å². The molecule has 0 unspecified atom stereocenters. The van der Waals surface area contributed by atoms with Crippen molar-refractivity contribution in [3.05, 3.63) is 82.9 Å². The van der Waals surface area contributed by atoms with Gasteiger partial charge < -0.3 is 10.2 Å². The molecule has 1 aliphatic rings. The van der Waals surface area contributed by atoms with Crippen LogP contribution in [0.2, 0.25) is 0 Å². The van der Waals surface area contributed by atoms with Crippen molar-refractivity contribution in [1.29, 1.82) is 0 Å². The molecule has 2 aromatic carbocycles. The normalized spacial score (nSPS) is 12.7. The number of fused-ring (bicyclic) bond motifs is 1. The molecule has 0 fully saturated rings. The molecule has 3 aromatic rings. The van der Waals surface area contributed by atoms with E-state index in [4.69, 9.17) is 0 Å². The van der Waals surface area contributed by atoms with Crippen molar-refractivity contribution in [3.8, 4) is 0 Å². The maximum atomic E-state index is 13.7. The van der Waals surface area contributed by atoms with Crippen LogP contribution >= 0.6 is 0 Å². The molecule has 1 N–H and O–H groups in total. The van der Waals surface area contributed by atoms with Gasteiger partial charge in [-0.05, 0) is 37.1 Å². The molecule has 0 spiro atoms. The number of para-hydroxylation sites is 1. The molecule has 27 heavy (non-hydrogen) atoms. The fourth-order valence-electron chi connectivity index (χ4n) is 3.24. The Morgan fingerprint density at radius 1 is 1.15 bits per heavy atom. The number of carbonyl (C=O) groups excluding carboxylic acids is 1. The lowest BCUT2D eigenvalue weighted by molar-refractivity contribution is 0.0945. The van der Waals surface area contributed by atoms with Crippen molar-refractivity contribution >= 4 is 17.5 Å². The van der Waals surface area contributed by atoms with Crippen LogP contribution in [0.4, 0.5) is 16.0 Å². The Bertz CT molecular complexity index is 1000. The zero-order valence-corrected chi connectivity index (χ0v) is 14.9. The molecular weight excluding hydrogens is 343 g/mol. The van der Waals surface area contributed by atoms with Gasteiger partial charge >= 0.3 is 0 Å². The van der Waals surface area contributed by atoms with Crippen molar-refractivity contribution < 1.29 is 9.18 Å². The number of nitrogens with zero attached hydrogens (tertiary/aromatic N) is 3. The minimum Gasteiger partial charge on any atom is -0.347 e. The molecule has 1 aliphatic heterocycles. The number of anilines is 2. The number of amides is 1. The fraction of sp³-hybridized carbons (Fsp3) is 0.190. The Balaban J connectivity index is 1.56. The van der Waals surface area contributed by atoms with E-state index in [0.717, 1.165) is 18.7 Å². The largest absolute Gasteiger partial charge is 0.347 e. The lowest BCUT2D eigenvalue weighted by Crippen LogP contribution is -2.26. The summed E-state index contributed by atoms with van der Waals surface area (Å²) in [6.45, 7) is 2.72. The molecule has 0 aliphatic carbocycles. The Hall–Kier alpha value is -3.28. The van der Waals surface area contributed by atoms with Crippen molar-refractivity contribution in [2.24, 2.45) is 0 Å². The Morgan fingerprint density at radius 2 is 1.93 bits per heavy atom. The number of halogens is 1. The van der Waals surface area contributed by atoms with Gasteiger partial charge in [-0.1, -0.05) is 36.4 Å². The summed E-state index contributed by atoms with van der Waals surface area (Å²) >= 11 is 0. The highest BCUT2D eigenvalue weighted by atomic mass is 19.1. The summed E-state index contributed by atoms with van der Waals surface area (Å²) in [6.07, 6.45) is 0.919. The van der Waals surface area contributed by atoms with E-state index in [2.05, 4.69) is 21.4 Å². The number of carbonyl (C=O) groups is 1. The minimum atomic E-state index is -0.350. The van der Waals surface area contributed by atoms with E-state index in [-0.39, 0.29) is 24.0 Å². The molecule has 0 atom stereocenters. The van der Waals surface area contributed by atoms with E-state index in [0.29, 0.717) is 17.2 Å². The maximum Gasteiger partial charge on any atom is 0.270 e. The first-order valence-corrected chi connectivity index (χ1v) is 8.84. The number of hydrogen-bond acceptors (Lipinski definition) is 4. The molecule has 0 bridgehead atoms. The van der Waals surface area contributed by atoms with Gasteiger partial charge in [0.2, 0.25) is 5.95 Å². The van der Waals surface area contributed by atoms with Gasteiger partial charge in [0.15, 0.2) is 0 Å². The molecule has 4 rings (SSSR count). The summed E-state index contributed by atoms with van der Waals surface area (Å²) in [6, 6.07) is 16.1. The van der Waals surface area contributed by atoms with E-state index in [1.165, 1.54) is 11.6 Å². The molecule has 0 radical (unpaired) electrons. The monoisotopic (exact) mass is 362 g/mol. The van der Waals surface area contributed by atoms with Crippen molar-refractivity contribution in [1.82, 2.24) is 15.3 Å². The van der Waals surface area contributed by atoms with Crippen LogP contribution in [0.15, 0.2) is 54.6 Å². The van der Waals surface area contributed by atoms with Gasteiger partial charge in [-0.3, -0.25) is 4.79 Å². The van der Waals surface area contributed by atoms with Gasteiger partial charge in [0, 0.05) is 30.0 Å². The van der Waals surface area contributed by atoms with Crippen LogP contribution in [0.3, 0.4) is 0 Å². The molecule has 6 heteroatoms. The summed E-state index contributed by atoms with van der Waals surface area (Å²) in [7, 11) is 0. The molecule has 1 amide bonds. The van der Waals surface area contributed by atoms with E-state index in [1.807, 2.05) is 30.0 Å². The second kappa shape index (κ2) is 7.15. The number of rotatable bonds is 4. The van der Waals surface area contributed by atoms with Gasteiger partial charge in [-0.15, -0.1) is 0 Å². The molecular formula is C21H19FN4O. The van der Waals surface area contributed by atoms with Gasteiger partial charge in [0.1, 0.15) is 11.5 Å². The van der Waals surface area contributed by atoms with E-state index < -0.39 is 0 Å². The van der Waals surface area contributed by atoms with Crippen LogP contribution < -0.4 is 10.2 Å². The number of benzene rings is 2. The predicted octanol–water partition coefficient (Wildman–Crippen LogP) is 3.55. The van der Waals surface area contributed by atoms with Crippen LogP contribution in [0.25, 0.3) is 0 Å². The van der Waals surface area contributed by atoms with E-state index in [9.17, 15) is 9.18 Å². The number of hydrogen-bond donors (Lipinski definition) is 1. The highest BCUT2D eigenvalue weighted by Gasteiger charge is 2.23. The Labute approximate surface area is 156 Å². The molecule has 1 aromatic heterocycles. The second-order valence-electron chi connectivity index (χ2n) is 6.50. The zero-order valence-electron chi connectivity index (χ0n) is 14.9. The zero-order chi connectivity index (χ0) is 18.8. The van der Waals surface area contributed by atoms with E-state index >= 15 is 0 Å². The van der Waals surface area contributed by atoms with Crippen molar-refractivity contribution in [3.63, 3.8) is 0 Å². The summed E-state index contributed by atoms with van der Waals surface area (Å²) in [4.78, 5) is 23.5. The maximum absolute atomic E-state index is 13.7. The molecule has 5 nitrogen and oxygen atoms in total. The quantitative estimate of drug-likeness (QED) is 0.771. The summed E-state index contributed by atoms with van der Waals surface area (Å²) in [5.74, 6) is -0.181. The lowest BCUT2D eigenvalue weighted by Gasteiger charge is -2.18. The molecule has 136 valence electrons. The lowest BCUT2D eigenvalue weighted by atomic mass is 10.2. The van der Waals surface area contributed by atoms with Crippen molar-refractivity contribution in [2.45, 2.75) is 19.9 Å². The standard InChI is InChI=1S/C21H19FN4O/c1-14-12-18(20(27)23-13-16-7-2-4-8-17(16)22)25-21(24-14)26-11-10-15-6-3-5-9-19(15)26/h2-9,12H,10-11,13H2,1H3,(H,23,27). The van der Waals surface area contributed by atoms with Gasteiger partial charge in [-0.2, -0.15) is 0 Å². The highest BCUT2D eigenvalue weighted by molar-refractivity contribution is 5.92. The minimum absolute atomic E-state index is 0.108. The first-order chi connectivity index (χ1) is 13.1. The van der Waals surface area contributed by atoms with Crippen molar-refractivity contribution in [2.75, 3.05) is 11.4 Å². The number of aryl methyl sites for hydroxylation is 1. The Kier molecular flexibility index (Phi) is 4.54. The topological polar surface area (TPSA) is 58.1 Å². The van der Waals surface area contributed by atoms with Gasteiger partial charge in [0.05, 0.1) is 0 Å². The SMILES string of the molecule is Cc1cc(C(=O)NCc2ccccc2F)nc(N2CCc3ccccc32)n1. The first kappa shape index (κ1) is 17.1. The molecule has 2 heterocycles. The average Bonchev–Trinajstić information content (AvgIpc) is 3.11. The first-order valence-electron chi connectivity index (χ1n) is 8.84. The van der Waals surface area contributed by atoms with Gasteiger partial charge in [0.25, 0.3) is 5.91 Å². The summed E-state index contributed by atoms with van der Waals surface area (Å²) in [5, 5.41) is 2.73.